The van der Waals surface area contributed by atoms with Crippen LogP contribution in [0.5, 0.6) is 0 Å². The van der Waals surface area contributed by atoms with Crippen LogP contribution in [0.3, 0.4) is 0 Å². The lowest BCUT2D eigenvalue weighted by molar-refractivity contribution is -0.127. The number of amides is 1. The molecule has 2 N–H and O–H groups in total. The van der Waals surface area contributed by atoms with Crippen molar-refractivity contribution in [3.63, 3.8) is 0 Å². The Morgan fingerprint density at radius 2 is 2.22 bits per heavy atom. The zero-order valence-electron chi connectivity index (χ0n) is 11.0. The van der Waals surface area contributed by atoms with Gasteiger partial charge in [0.2, 0.25) is 5.91 Å². The molecular weight excluding hydrogens is 232 g/mol. The lowest BCUT2D eigenvalue weighted by atomic mass is 9.89. The Kier molecular flexibility index (Phi) is 3.96. The zero-order valence-corrected chi connectivity index (χ0v) is 11.0. The first-order valence-corrected chi connectivity index (χ1v) is 6.37. The largest absolute Gasteiger partial charge is 0.374 e. The second-order valence-electron chi connectivity index (χ2n) is 4.90. The highest BCUT2D eigenvalue weighted by atomic mass is 16.5. The number of hydrogen-bond donors (Lipinski definition) is 2. The molecule has 18 heavy (non-hydrogen) atoms. The SMILES string of the molecule is CC1OC(C)C(C(=O)NCCc2ncn[nH]2)C1C. The van der Waals surface area contributed by atoms with Crippen LogP contribution in [0.15, 0.2) is 6.33 Å². The van der Waals surface area contributed by atoms with Gasteiger partial charge in [0.05, 0.1) is 18.1 Å². The van der Waals surface area contributed by atoms with Gasteiger partial charge in [-0.3, -0.25) is 9.89 Å². The van der Waals surface area contributed by atoms with E-state index in [0.29, 0.717) is 13.0 Å². The van der Waals surface area contributed by atoms with Crippen LogP contribution < -0.4 is 5.32 Å². The van der Waals surface area contributed by atoms with Gasteiger partial charge in [0, 0.05) is 13.0 Å². The van der Waals surface area contributed by atoms with Gasteiger partial charge in [-0.05, 0) is 19.8 Å². The van der Waals surface area contributed by atoms with E-state index in [0.717, 1.165) is 5.82 Å². The van der Waals surface area contributed by atoms with Crippen LogP contribution in [0.2, 0.25) is 0 Å². The molecule has 0 aliphatic carbocycles. The lowest BCUT2D eigenvalue weighted by Crippen LogP contribution is -2.38. The number of hydrogen-bond acceptors (Lipinski definition) is 4. The van der Waals surface area contributed by atoms with E-state index in [1.807, 2.05) is 13.8 Å². The third-order valence-electron chi connectivity index (χ3n) is 3.67. The molecule has 1 amide bonds. The van der Waals surface area contributed by atoms with Crippen molar-refractivity contribution in [2.75, 3.05) is 6.54 Å². The summed E-state index contributed by atoms with van der Waals surface area (Å²) >= 11 is 0. The first kappa shape index (κ1) is 13.0. The fourth-order valence-corrected chi connectivity index (χ4v) is 2.49. The van der Waals surface area contributed by atoms with E-state index in [9.17, 15) is 4.79 Å². The molecular formula is C12H20N4O2. The van der Waals surface area contributed by atoms with Gasteiger partial charge in [-0.1, -0.05) is 6.92 Å². The standard InChI is InChI=1S/C12H20N4O2/c1-7-8(2)18-9(3)11(7)12(17)13-5-4-10-14-6-15-16-10/h6-9,11H,4-5H2,1-3H3,(H,13,17)(H,14,15,16). The van der Waals surface area contributed by atoms with Crippen LogP contribution in [0.1, 0.15) is 26.6 Å². The first-order valence-electron chi connectivity index (χ1n) is 6.37. The van der Waals surface area contributed by atoms with Crippen LogP contribution in [0, 0.1) is 11.8 Å². The average molecular weight is 252 g/mol. The number of carbonyl (C=O) groups excluding carboxylic acids is 1. The van der Waals surface area contributed by atoms with Gasteiger partial charge < -0.3 is 10.1 Å². The fraction of sp³-hybridized carbons (Fsp3) is 0.750. The third-order valence-corrected chi connectivity index (χ3v) is 3.67. The van der Waals surface area contributed by atoms with Crippen LogP contribution >= 0.6 is 0 Å². The molecule has 0 spiro atoms. The number of H-pyrrole nitrogens is 1. The van der Waals surface area contributed by atoms with Gasteiger partial charge >= 0.3 is 0 Å². The molecule has 1 aliphatic rings. The van der Waals surface area contributed by atoms with Gasteiger partial charge in [0.25, 0.3) is 0 Å². The Morgan fingerprint density at radius 3 is 2.78 bits per heavy atom. The molecule has 2 rings (SSSR count). The van der Waals surface area contributed by atoms with Crippen LogP contribution in [-0.4, -0.2) is 39.8 Å². The van der Waals surface area contributed by atoms with Gasteiger partial charge in [0.1, 0.15) is 12.2 Å². The average Bonchev–Trinajstić information content (AvgIpc) is 2.89. The Bertz CT molecular complexity index is 393. The van der Waals surface area contributed by atoms with E-state index < -0.39 is 0 Å². The number of carbonyl (C=O) groups is 1. The van der Waals surface area contributed by atoms with Crippen molar-refractivity contribution in [3.8, 4) is 0 Å². The Morgan fingerprint density at radius 1 is 1.44 bits per heavy atom. The van der Waals surface area contributed by atoms with E-state index in [-0.39, 0.29) is 30.0 Å². The van der Waals surface area contributed by atoms with E-state index >= 15 is 0 Å². The van der Waals surface area contributed by atoms with Crippen LogP contribution in [0.25, 0.3) is 0 Å². The maximum atomic E-state index is 12.1. The predicted octanol–water partition coefficient (Wildman–Crippen LogP) is 0.523. The van der Waals surface area contributed by atoms with Crippen molar-refractivity contribution in [3.05, 3.63) is 12.2 Å². The van der Waals surface area contributed by atoms with Crippen LogP contribution in [-0.2, 0) is 16.0 Å². The lowest BCUT2D eigenvalue weighted by Gasteiger charge is -2.17. The molecule has 6 nitrogen and oxygen atoms in total. The number of nitrogens with one attached hydrogen (secondary N) is 2. The smallest absolute Gasteiger partial charge is 0.226 e. The summed E-state index contributed by atoms with van der Waals surface area (Å²) in [6, 6.07) is 0. The van der Waals surface area contributed by atoms with E-state index in [2.05, 4.69) is 27.4 Å². The Hall–Kier alpha value is -1.43. The number of aromatic amines is 1. The zero-order chi connectivity index (χ0) is 13.1. The molecule has 2 heterocycles. The minimum Gasteiger partial charge on any atom is -0.374 e. The molecule has 0 saturated carbocycles. The number of aromatic nitrogens is 3. The molecule has 100 valence electrons. The second kappa shape index (κ2) is 5.48. The monoisotopic (exact) mass is 252 g/mol. The predicted molar refractivity (Wildman–Crippen MR) is 65.8 cm³/mol. The third kappa shape index (κ3) is 2.69. The molecule has 1 aromatic heterocycles. The summed E-state index contributed by atoms with van der Waals surface area (Å²) in [6.07, 6.45) is 2.26. The quantitative estimate of drug-likeness (QED) is 0.819. The van der Waals surface area contributed by atoms with E-state index in [1.165, 1.54) is 6.33 Å². The molecule has 1 saturated heterocycles. The van der Waals surface area contributed by atoms with Crippen molar-refractivity contribution in [2.24, 2.45) is 11.8 Å². The van der Waals surface area contributed by atoms with Crippen molar-refractivity contribution in [2.45, 2.75) is 39.4 Å². The second-order valence-corrected chi connectivity index (χ2v) is 4.90. The highest BCUT2D eigenvalue weighted by molar-refractivity contribution is 5.79. The van der Waals surface area contributed by atoms with Gasteiger partial charge in [-0.15, -0.1) is 0 Å². The minimum absolute atomic E-state index is 0.0136. The molecule has 6 heteroatoms. The summed E-state index contributed by atoms with van der Waals surface area (Å²) in [5.41, 5.74) is 0. The summed E-state index contributed by atoms with van der Waals surface area (Å²) in [5, 5.41) is 9.47. The molecule has 4 atom stereocenters. The maximum absolute atomic E-state index is 12.1. The number of ether oxygens (including phenoxy) is 1. The summed E-state index contributed by atoms with van der Waals surface area (Å²) in [4.78, 5) is 16.1. The molecule has 0 radical (unpaired) electrons. The molecule has 0 aromatic carbocycles. The molecule has 1 fully saturated rings. The van der Waals surface area contributed by atoms with Gasteiger partial charge in [0.15, 0.2) is 0 Å². The van der Waals surface area contributed by atoms with Gasteiger partial charge in [-0.25, -0.2) is 4.98 Å². The summed E-state index contributed by atoms with van der Waals surface area (Å²) in [7, 11) is 0. The number of nitrogens with zero attached hydrogens (tertiary/aromatic N) is 2. The molecule has 4 unspecified atom stereocenters. The molecule has 0 bridgehead atoms. The summed E-state index contributed by atoms with van der Waals surface area (Å²) in [5.74, 6) is 1.05. The Balaban J connectivity index is 1.81. The highest BCUT2D eigenvalue weighted by Gasteiger charge is 2.41. The number of rotatable bonds is 4. The van der Waals surface area contributed by atoms with Crippen LogP contribution in [0.4, 0.5) is 0 Å². The summed E-state index contributed by atoms with van der Waals surface area (Å²) in [6.45, 7) is 6.61. The van der Waals surface area contributed by atoms with E-state index in [4.69, 9.17) is 4.74 Å². The van der Waals surface area contributed by atoms with Crippen molar-refractivity contribution < 1.29 is 9.53 Å². The van der Waals surface area contributed by atoms with Crippen molar-refractivity contribution in [1.29, 1.82) is 0 Å². The normalized spacial score (nSPS) is 31.5. The highest BCUT2D eigenvalue weighted by Crippen LogP contribution is 2.32. The van der Waals surface area contributed by atoms with E-state index in [1.54, 1.807) is 0 Å². The molecule has 1 aromatic rings. The molecule has 1 aliphatic heterocycles. The fourth-order valence-electron chi connectivity index (χ4n) is 2.49. The van der Waals surface area contributed by atoms with Crippen molar-refractivity contribution >= 4 is 5.91 Å². The maximum Gasteiger partial charge on any atom is 0.226 e. The first-order chi connectivity index (χ1) is 8.59. The minimum atomic E-state index is -0.0604. The topological polar surface area (TPSA) is 79.9 Å². The Labute approximate surface area is 107 Å². The van der Waals surface area contributed by atoms with Crippen molar-refractivity contribution in [1.82, 2.24) is 20.5 Å². The van der Waals surface area contributed by atoms with Gasteiger partial charge in [-0.2, -0.15) is 5.10 Å². The summed E-state index contributed by atoms with van der Waals surface area (Å²) < 4.78 is 5.67.